The Balaban J connectivity index is 2.09. The van der Waals surface area contributed by atoms with Crippen molar-refractivity contribution < 1.29 is 8.42 Å². The first-order valence-electron chi connectivity index (χ1n) is 5.96. The topological polar surface area (TPSA) is 59.1 Å². The molecule has 0 bridgehead atoms. The maximum absolute atomic E-state index is 11.6. The lowest BCUT2D eigenvalue weighted by molar-refractivity contribution is 0.577. The summed E-state index contributed by atoms with van der Waals surface area (Å²) < 4.78 is 23.1. The summed E-state index contributed by atoms with van der Waals surface area (Å²) in [5, 5.41) is 3.17. The molecule has 17 heavy (non-hydrogen) atoms. The second-order valence-corrected chi connectivity index (χ2v) is 6.64. The number of hydrogen-bond acceptors (Lipinski definition) is 4. The molecule has 0 aromatic carbocycles. The zero-order valence-corrected chi connectivity index (χ0v) is 10.8. The predicted molar refractivity (Wildman–Crippen MR) is 67.8 cm³/mol. The lowest BCUT2D eigenvalue weighted by Gasteiger charge is -2.13. The third-order valence-electron chi connectivity index (χ3n) is 3.20. The first-order valence-corrected chi connectivity index (χ1v) is 7.85. The highest BCUT2D eigenvalue weighted by Crippen LogP contribution is 2.25. The predicted octanol–water partition coefficient (Wildman–Crippen LogP) is 2.09. The van der Waals surface area contributed by atoms with E-state index in [2.05, 4.69) is 10.3 Å². The summed E-state index contributed by atoms with van der Waals surface area (Å²) >= 11 is 0. The highest BCUT2D eigenvalue weighted by atomic mass is 32.2. The molecule has 0 radical (unpaired) electrons. The summed E-state index contributed by atoms with van der Waals surface area (Å²) in [7, 11) is -3.20. The summed E-state index contributed by atoms with van der Waals surface area (Å²) in [6.07, 6.45) is 7.86. The van der Waals surface area contributed by atoms with Crippen LogP contribution in [-0.4, -0.2) is 26.2 Å². The highest BCUT2D eigenvalue weighted by Gasteiger charge is 2.17. The van der Waals surface area contributed by atoms with Crippen LogP contribution in [0.1, 0.15) is 25.7 Å². The van der Waals surface area contributed by atoms with Crippen LogP contribution in [0.15, 0.2) is 23.2 Å². The standard InChI is InChI=1S/C12H18N2O2S/c1-17(15,16)11-7-4-8-13-12(11)14-9-10-5-2-3-6-10/h4,7-8,10H,2-3,5-6,9H2,1H3,(H,13,14). The molecule has 1 aromatic rings. The zero-order chi connectivity index (χ0) is 12.3. The van der Waals surface area contributed by atoms with Gasteiger partial charge in [-0.25, -0.2) is 13.4 Å². The summed E-state index contributed by atoms with van der Waals surface area (Å²) in [5.41, 5.74) is 0. The van der Waals surface area contributed by atoms with E-state index in [-0.39, 0.29) is 4.90 Å². The van der Waals surface area contributed by atoms with E-state index in [4.69, 9.17) is 0 Å². The normalized spacial score (nSPS) is 17.2. The summed E-state index contributed by atoms with van der Waals surface area (Å²) in [5.74, 6) is 1.14. The van der Waals surface area contributed by atoms with Crippen LogP contribution in [-0.2, 0) is 9.84 Å². The monoisotopic (exact) mass is 254 g/mol. The fourth-order valence-corrected chi connectivity index (χ4v) is 3.08. The van der Waals surface area contributed by atoms with Crippen molar-refractivity contribution in [1.82, 2.24) is 4.98 Å². The molecule has 0 saturated heterocycles. The minimum atomic E-state index is -3.20. The van der Waals surface area contributed by atoms with Crippen LogP contribution in [0.5, 0.6) is 0 Å². The van der Waals surface area contributed by atoms with E-state index in [1.165, 1.54) is 31.9 Å². The Labute approximate surface area is 102 Å². The van der Waals surface area contributed by atoms with Crippen LogP contribution in [0.25, 0.3) is 0 Å². The van der Waals surface area contributed by atoms with Gasteiger partial charge >= 0.3 is 0 Å². The molecular weight excluding hydrogens is 236 g/mol. The summed E-state index contributed by atoms with van der Waals surface area (Å²) in [6.45, 7) is 0.819. The van der Waals surface area contributed by atoms with Gasteiger partial charge in [-0.2, -0.15) is 0 Å². The van der Waals surface area contributed by atoms with Gasteiger partial charge in [0.05, 0.1) is 0 Å². The molecule has 1 aliphatic carbocycles. The Kier molecular flexibility index (Phi) is 3.66. The van der Waals surface area contributed by atoms with Crippen molar-refractivity contribution >= 4 is 15.7 Å². The van der Waals surface area contributed by atoms with Gasteiger partial charge in [0.15, 0.2) is 9.84 Å². The SMILES string of the molecule is CS(=O)(=O)c1cccnc1NCC1CCCC1. The van der Waals surface area contributed by atoms with Crippen LogP contribution < -0.4 is 5.32 Å². The van der Waals surface area contributed by atoms with Crippen LogP contribution in [0.4, 0.5) is 5.82 Å². The van der Waals surface area contributed by atoms with E-state index >= 15 is 0 Å². The maximum Gasteiger partial charge on any atom is 0.179 e. The molecule has 0 amide bonds. The molecule has 5 heteroatoms. The van der Waals surface area contributed by atoms with Gasteiger partial charge in [-0.15, -0.1) is 0 Å². The molecule has 94 valence electrons. The van der Waals surface area contributed by atoms with Crippen molar-refractivity contribution in [2.24, 2.45) is 5.92 Å². The number of nitrogens with one attached hydrogen (secondary N) is 1. The molecule has 0 unspecified atom stereocenters. The number of aromatic nitrogens is 1. The molecule has 4 nitrogen and oxygen atoms in total. The lowest BCUT2D eigenvalue weighted by atomic mass is 10.1. The second kappa shape index (κ2) is 5.04. The molecule has 1 N–H and O–H groups in total. The Bertz CT molecular complexity index is 479. The van der Waals surface area contributed by atoms with Crippen molar-refractivity contribution in [3.8, 4) is 0 Å². The fraction of sp³-hybridized carbons (Fsp3) is 0.583. The van der Waals surface area contributed by atoms with Gasteiger partial charge in [0.2, 0.25) is 0 Å². The Morgan fingerprint density at radius 3 is 2.76 bits per heavy atom. The van der Waals surface area contributed by atoms with Crippen LogP contribution in [0, 0.1) is 5.92 Å². The maximum atomic E-state index is 11.6. The molecular formula is C12H18N2O2S. The number of rotatable bonds is 4. The summed E-state index contributed by atoms with van der Waals surface area (Å²) in [6, 6.07) is 3.25. The molecule has 1 heterocycles. The average molecular weight is 254 g/mol. The van der Waals surface area contributed by atoms with E-state index in [9.17, 15) is 8.42 Å². The number of hydrogen-bond donors (Lipinski definition) is 1. The van der Waals surface area contributed by atoms with Crippen LogP contribution in [0.3, 0.4) is 0 Å². The van der Waals surface area contributed by atoms with Crippen molar-refractivity contribution in [2.75, 3.05) is 18.1 Å². The lowest BCUT2D eigenvalue weighted by Crippen LogP contribution is -2.14. The zero-order valence-electron chi connectivity index (χ0n) is 10.0. The smallest absolute Gasteiger partial charge is 0.179 e. The first kappa shape index (κ1) is 12.4. The molecule has 1 saturated carbocycles. The largest absolute Gasteiger partial charge is 0.369 e. The van der Waals surface area contributed by atoms with E-state index in [0.29, 0.717) is 11.7 Å². The van der Waals surface area contributed by atoms with E-state index in [1.807, 2.05) is 0 Å². The number of pyridine rings is 1. The van der Waals surface area contributed by atoms with Crippen molar-refractivity contribution in [3.63, 3.8) is 0 Å². The van der Waals surface area contributed by atoms with Crippen LogP contribution >= 0.6 is 0 Å². The minimum Gasteiger partial charge on any atom is -0.369 e. The second-order valence-electron chi connectivity index (χ2n) is 4.65. The molecule has 1 fully saturated rings. The Morgan fingerprint density at radius 1 is 1.41 bits per heavy atom. The third kappa shape index (κ3) is 3.19. The van der Waals surface area contributed by atoms with Crippen LogP contribution in [0.2, 0.25) is 0 Å². The fourth-order valence-electron chi connectivity index (χ4n) is 2.28. The van der Waals surface area contributed by atoms with Gasteiger partial charge in [-0.3, -0.25) is 0 Å². The van der Waals surface area contributed by atoms with Gasteiger partial charge in [-0.1, -0.05) is 12.8 Å². The van der Waals surface area contributed by atoms with Crippen molar-refractivity contribution in [1.29, 1.82) is 0 Å². The van der Waals surface area contributed by atoms with Crippen molar-refractivity contribution in [2.45, 2.75) is 30.6 Å². The quantitative estimate of drug-likeness (QED) is 0.893. The number of nitrogens with zero attached hydrogens (tertiary/aromatic N) is 1. The van der Waals surface area contributed by atoms with E-state index in [1.54, 1.807) is 18.3 Å². The molecule has 0 spiro atoms. The molecule has 2 rings (SSSR count). The van der Waals surface area contributed by atoms with Gasteiger partial charge in [-0.05, 0) is 30.9 Å². The third-order valence-corrected chi connectivity index (χ3v) is 4.33. The molecule has 0 aliphatic heterocycles. The van der Waals surface area contributed by atoms with Gasteiger partial charge in [0.1, 0.15) is 10.7 Å². The average Bonchev–Trinajstić information content (AvgIpc) is 2.78. The minimum absolute atomic E-state index is 0.290. The van der Waals surface area contributed by atoms with Crippen molar-refractivity contribution in [3.05, 3.63) is 18.3 Å². The number of sulfone groups is 1. The number of anilines is 1. The molecule has 1 aromatic heterocycles. The molecule has 1 aliphatic rings. The summed E-state index contributed by atoms with van der Waals surface area (Å²) in [4.78, 5) is 4.41. The highest BCUT2D eigenvalue weighted by molar-refractivity contribution is 7.90. The first-order chi connectivity index (χ1) is 8.07. The Morgan fingerprint density at radius 2 is 2.12 bits per heavy atom. The van der Waals surface area contributed by atoms with E-state index in [0.717, 1.165) is 6.54 Å². The van der Waals surface area contributed by atoms with Gasteiger partial charge < -0.3 is 5.32 Å². The molecule has 0 atom stereocenters. The van der Waals surface area contributed by atoms with E-state index < -0.39 is 9.84 Å². The van der Waals surface area contributed by atoms with Gasteiger partial charge in [0.25, 0.3) is 0 Å². The van der Waals surface area contributed by atoms with Gasteiger partial charge in [0, 0.05) is 19.0 Å². The Hall–Kier alpha value is -1.10.